The Kier molecular flexibility index (Phi) is 6.09. The average Bonchev–Trinajstić information content (AvgIpc) is 3.06. The van der Waals surface area contributed by atoms with Crippen molar-refractivity contribution in [3.63, 3.8) is 0 Å². The van der Waals surface area contributed by atoms with Crippen molar-refractivity contribution in [2.24, 2.45) is 0 Å². The van der Waals surface area contributed by atoms with Crippen LogP contribution in [0.5, 0.6) is 0 Å². The quantitative estimate of drug-likeness (QED) is 0.414. The number of hydrogen-bond donors (Lipinski definition) is 1. The highest BCUT2D eigenvalue weighted by atomic mass is 16.3. The zero-order valence-electron chi connectivity index (χ0n) is 19.4. The summed E-state index contributed by atoms with van der Waals surface area (Å²) in [6, 6.07) is 13.0. The maximum absolute atomic E-state index is 13.3. The van der Waals surface area contributed by atoms with E-state index in [2.05, 4.69) is 0 Å². The molecule has 2 aromatic carbocycles. The molecule has 0 radical (unpaired) electrons. The Morgan fingerprint density at radius 3 is 2.19 bits per heavy atom. The molecule has 0 aromatic heterocycles. The number of aliphatic hydroxyl groups is 1. The minimum atomic E-state index is -0.590. The number of likely N-dealkylation sites (tertiary alicyclic amines) is 1. The molecule has 2 aliphatic rings. The molecule has 1 aliphatic heterocycles. The first-order valence-corrected chi connectivity index (χ1v) is 11.4. The first-order chi connectivity index (χ1) is 15.3. The van der Waals surface area contributed by atoms with E-state index in [1.165, 1.54) is 0 Å². The van der Waals surface area contributed by atoms with Crippen LogP contribution in [0.3, 0.4) is 0 Å². The third-order valence-corrected chi connectivity index (χ3v) is 6.95. The number of nitrogens with zero attached hydrogens (tertiary/aromatic N) is 2. The van der Waals surface area contributed by atoms with E-state index in [9.17, 15) is 14.7 Å². The number of rotatable bonds is 4. The molecule has 1 atom stereocenters. The third kappa shape index (κ3) is 3.92. The summed E-state index contributed by atoms with van der Waals surface area (Å²) < 4.78 is 0. The van der Waals surface area contributed by atoms with E-state index in [-0.39, 0.29) is 17.4 Å². The van der Waals surface area contributed by atoms with Gasteiger partial charge in [-0.25, -0.2) is 0 Å². The molecule has 1 N–H and O–H groups in total. The molecule has 1 unspecified atom stereocenters. The van der Waals surface area contributed by atoms with Crippen LogP contribution >= 0.6 is 0 Å². The van der Waals surface area contributed by atoms with Crippen LogP contribution in [-0.2, 0) is 9.59 Å². The topological polar surface area (TPSA) is 60.9 Å². The summed E-state index contributed by atoms with van der Waals surface area (Å²) in [6.45, 7) is 3.98. The fourth-order valence-corrected chi connectivity index (χ4v) is 4.91. The Bertz CT molecular complexity index is 1060. The van der Waals surface area contributed by atoms with Gasteiger partial charge in [-0.3, -0.25) is 9.59 Å². The van der Waals surface area contributed by atoms with Gasteiger partial charge in [-0.2, -0.15) is 0 Å². The summed E-state index contributed by atoms with van der Waals surface area (Å²) in [5.74, 6) is -1.18. The van der Waals surface area contributed by atoms with Crippen molar-refractivity contribution in [2.45, 2.75) is 58.0 Å². The molecule has 0 bridgehead atoms. The Hall–Kier alpha value is -3.08. The van der Waals surface area contributed by atoms with E-state index in [1.807, 2.05) is 75.3 Å². The monoisotopic (exact) mass is 432 g/mol. The van der Waals surface area contributed by atoms with Gasteiger partial charge >= 0.3 is 0 Å². The highest BCUT2D eigenvalue weighted by Crippen LogP contribution is 2.43. The van der Waals surface area contributed by atoms with Gasteiger partial charge in [-0.15, -0.1) is 0 Å². The normalized spacial score (nSPS) is 21.2. The molecular formula is C27H32N2O3. The minimum Gasteiger partial charge on any atom is -0.507 e. The van der Waals surface area contributed by atoms with Gasteiger partial charge < -0.3 is 14.9 Å². The molecule has 1 saturated carbocycles. The highest BCUT2D eigenvalue weighted by Gasteiger charge is 2.48. The van der Waals surface area contributed by atoms with Crippen LogP contribution in [0, 0.1) is 13.8 Å². The van der Waals surface area contributed by atoms with E-state index < -0.39 is 17.7 Å². The lowest BCUT2D eigenvalue weighted by Gasteiger charge is -2.35. The number of benzene rings is 2. The van der Waals surface area contributed by atoms with Gasteiger partial charge in [-0.1, -0.05) is 43.5 Å². The standard InChI is InChI=1S/C27H32N2O3/c1-17-10-11-20(16-18(17)2)25(30)23-24(19-12-14-21(15-13-19)28(3)4)29(27(32)26(23)31)22-8-6-5-7-9-22/h10-16,22,24,30H,5-9H2,1-4H3/b25-23-. The van der Waals surface area contributed by atoms with Gasteiger partial charge in [0.15, 0.2) is 0 Å². The molecule has 5 nitrogen and oxygen atoms in total. The highest BCUT2D eigenvalue weighted by molar-refractivity contribution is 6.46. The maximum Gasteiger partial charge on any atom is 0.295 e. The van der Waals surface area contributed by atoms with E-state index >= 15 is 0 Å². The number of anilines is 1. The summed E-state index contributed by atoms with van der Waals surface area (Å²) in [4.78, 5) is 30.3. The fraction of sp³-hybridized carbons (Fsp3) is 0.407. The largest absolute Gasteiger partial charge is 0.507 e. The van der Waals surface area contributed by atoms with Gasteiger partial charge in [0.25, 0.3) is 11.7 Å². The van der Waals surface area contributed by atoms with Crippen LogP contribution in [0.2, 0.25) is 0 Å². The Balaban J connectivity index is 1.86. The number of aliphatic hydroxyl groups excluding tert-OH is 1. The molecule has 168 valence electrons. The second kappa shape index (κ2) is 8.81. The number of carbonyl (C=O) groups excluding carboxylic acids is 2. The summed E-state index contributed by atoms with van der Waals surface area (Å²) in [5, 5.41) is 11.3. The Morgan fingerprint density at radius 1 is 0.938 bits per heavy atom. The van der Waals surface area contributed by atoms with E-state index in [0.29, 0.717) is 5.56 Å². The first-order valence-electron chi connectivity index (χ1n) is 11.4. The van der Waals surface area contributed by atoms with Crippen LogP contribution in [0.1, 0.15) is 60.4 Å². The zero-order valence-corrected chi connectivity index (χ0v) is 19.4. The predicted molar refractivity (Wildman–Crippen MR) is 128 cm³/mol. The first kappa shape index (κ1) is 22.1. The molecule has 1 saturated heterocycles. The summed E-state index contributed by atoms with van der Waals surface area (Å²) in [6.07, 6.45) is 5.05. The lowest BCUT2D eigenvalue weighted by Crippen LogP contribution is -2.40. The second-order valence-corrected chi connectivity index (χ2v) is 9.28. The molecule has 2 aromatic rings. The Morgan fingerprint density at radius 2 is 1.59 bits per heavy atom. The maximum atomic E-state index is 13.3. The van der Waals surface area contributed by atoms with Crippen LogP contribution in [-0.4, -0.2) is 41.8 Å². The lowest BCUT2D eigenvalue weighted by atomic mass is 9.90. The molecule has 0 spiro atoms. The van der Waals surface area contributed by atoms with E-state index in [1.54, 1.807) is 4.90 Å². The molecule has 1 aliphatic carbocycles. The molecule has 2 fully saturated rings. The van der Waals surface area contributed by atoms with Gasteiger partial charge in [0.2, 0.25) is 0 Å². The molecule has 1 heterocycles. The number of hydrogen-bond acceptors (Lipinski definition) is 4. The van der Waals surface area contributed by atoms with Crippen molar-refractivity contribution in [1.82, 2.24) is 4.90 Å². The molecular weight excluding hydrogens is 400 g/mol. The minimum absolute atomic E-state index is 0.0174. The molecule has 32 heavy (non-hydrogen) atoms. The third-order valence-electron chi connectivity index (χ3n) is 6.95. The molecule has 1 amide bonds. The average molecular weight is 433 g/mol. The van der Waals surface area contributed by atoms with Crippen molar-refractivity contribution in [2.75, 3.05) is 19.0 Å². The predicted octanol–water partition coefficient (Wildman–Crippen LogP) is 5.12. The van der Waals surface area contributed by atoms with Gasteiger partial charge in [0.05, 0.1) is 11.6 Å². The van der Waals surface area contributed by atoms with Crippen molar-refractivity contribution in [1.29, 1.82) is 0 Å². The number of Topliss-reactive ketones (excluding diaryl/α,β-unsaturated/α-hetero) is 1. The Labute approximate surface area is 190 Å². The van der Waals surface area contributed by atoms with Gasteiger partial charge in [-0.05, 0) is 61.6 Å². The summed E-state index contributed by atoms with van der Waals surface area (Å²) >= 11 is 0. The van der Waals surface area contributed by atoms with Crippen LogP contribution in [0.25, 0.3) is 5.76 Å². The number of amides is 1. The van der Waals surface area contributed by atoms with Gasteiger partial charge in [0, 0.05) is 31.4 Å². The lowest BCUT2D eigenvalue weighted by molar-refractivity contribution is -0.141. The van der Waals surface area contributed by atoms with Gasteiger partial charge in [0.1, 0.15) is 5.76 Å². The van der Waals surface area contributed by atoms with Crippen molar-refractivity contribution < 1.29 is 14.7 Å². The zero-order chi connectivity index (χ0) is 23.0. The fourth-order valence-electron chi connectivity index (χ4n) is 4.91. The van der Waals surface area contributed by atoms with Crippen LogP contribution < -0.4 is 4.90 Å². The second-order valence-electron chi connectivity index (χ2n) is 9.28. The number of aryl methyl sites for hydroxylation is 2. The molecule has 5 heteroatoms. The summed E-state index contributed by atoms with van der Waals surface area (Å²) in [7, 11) is 3.95. The van der Waals surface area contributed by atoms with E-state index in [0.717, 1.165) is 54.5 Å². The SMILES string of the molecule is Cc1ccc(/C(O)=C2/C(=O)C(=O)N(C3CCCCC3)C2c2ccc(N(C)C)cc2)cc1C. The van der Waals surface area contributed by atoms with Crippen LogP contribution in [0.4, 0.5) is 5.69 Å². The van der Waals surface area contributed by atoms with Crippen molar-refractivity contribution >= 4 is 23.1 Å². The van der Waals surface area contributed by atoms with Crippen LogP contribution in [0.15, 0.2) is 48.0 Å². The smallest absolute Gasteiger partial charge is 0.295 e. The van der Waals surface area contributed by atoms with Crippen molar-refractivity contribution in [3.8, 4) is 0 Å². The van der Waals surface area contributed by atoms with E-state index in [4.69, 9.17) is 0 Å². The number of carbonyl (C=O) groups is 2. The summed E-state index contributed by atoms with van der Waals surface area (Å²) in [5.41, 5.74) is 4.80. The molecule has 4 rings (SSSR count). The number of ketones is 1. The van der Waals surface area contributed by atoms with Crippen molar-refractivity contribution in [3.05, 3.63) is 70.3 Å².